The summed E-state index contributed by atoms with van der Waals surface area (Å²) in [6.07, 6.45) is -1.46. The Hall–Kier alpha value is -2.15. The molecular formula is C14H10F5NO. The summed E-state index contributed by atoms with van der Waals surface area (Å²) in [5, 5.41) is 12.0. The van der Waals surface area contributed by atoms with Crippen LogP contribution in [0.15, 0.2) is 30.3 Å². The number of hydrogen-bond acceptors (Lipinski definition) is 2. The van der Waals surface area contributed by atoms with Crippen molar-refractivity contribution in [3.8, 4) is 0 Å². The fraction of sp³-hybridized carbons (Fsp3) is 0.143. The largest absolute Gasteiger partial charge is 0.386 e. The van der Waals surface area contributed by atoms with Gasteiger partial charge in [-0.1, -0.05) is 6.07 Å². The van der Waals surface area contributed by atoms with Gasteiger partial charge in [-0.25, -0.2) is 22.0 Å². The van der Waals surface area contributed by atoms with Crippen LogP contribution in [0.4, 0.5) is 27.6 Å². The molecule has 112 valence electrons. The number of rotatable bonds is 4. The smallest absolute Gasteiger partial charge is 0.152 e. The lowest BCUT2D eigenvalue weighted by Crippen LogP contribution is -2.15. The van der Waals surface area contributed by atoms with Crippen LogP contribution in [0.5, 0.6) is 0 Å². The van der Waals surface area contributed by atoms with Crippen molar-refractivity contribution in [3.05, 3.63) is 65.0 Å². The van der Waals surface area contributed by atoms with E-state index in [2.05, 4.69) is 5.32 Å². The number of benzene rings is 2. The standard InChI is InChI=1S/C14H10F5NO/c15-7-1-2-9(10(17)3-7)13(21)6-20-14-11(18)4-8(16)5-12(14)19/h1-5,13,20-21H,6H2. The highest BCUT2D eigenvalue weighted by atomic mass is 19.2. The highest BCUT2D eigenvalue weighted by Gasteiger charge is 2.16. The van der Waals surface area contributed by atoms with E-state index in [9.17, 15) is 27.1 Å². The monoisotopic (exact) mass is 303 g/mol. The van der Waals surface area contributed by atoms with Gasteiger partial charge in [0, 0.05) is 30.3 Å². The Balaban J connectivity index is 2.13. The third-order valence-corrected chi connectivity index (χ3v) is 2.80. The summed E-state index contributed by atoms with van der Waals surface area (Å²) in [5.41, 5.74) is -0.871. The van der Waals surface area contributed by atoms with Crippen LogP contribution >= 0.6 is 0 Å². The molecule has 1 unspecified atom stereocenters. The fourth-order valence-electron chi connectivity index (χ4n) is 1.79. The van der Waals surface area contributed by atoms with E-state index in [1.165, 1.54) is 0 Å². The zero-order chi connectivity index (χ0) is 15.6. The molecule has 0 saturated heterocycles. The van der Waals surface area contributed by atoms with Gasteiger partial charge in [-0.3, -0.25) is 0 Å². The number of aliphatic hydroxyl groups is 1. The lowest BCUT2D eigenvalue weighted by atomic mass is 10.1. The second-order valence-electron chi connectivity index (χ2n) is 4.31. The first-order valence-corrected chi connectivity index (χ1v) is 5.90. The molecule has 0 saturated carbocycles. The van der Waals surface area contributed by atoms with Gasteiger partial charge in [-0.05, 0) is 6.07 Å². The van der Waals surface area contributed by atoms with E-state index < -0.39 is 47.4 Å². The maximum atomic E-state index is 13.4. The minimum Gasteiger partial charge on any atom is -0.386 e. The van der Waals surface area contributed by atoms with Crippen molar-refractivity contribution in [3.63, 3.8) is 0 Å². The van der Waals surface area contributed by atoms with Crippen LogP contribution < -0.4 is 5.32 Å². The van der Waals surface area contributed by atoms with Crippen LogP contribution in [0.1, 0.15) is 11.7 Å². The van der Waals surface area contributed by atoms with E-state index in [-0.39, 0.29) is 5.56 Å². The molecule has 0 aromatic heterocycles. The molecule has 0 aliphatic heterocycles. The highest BCUT2D eigenvalue weighted by molar-refractivity contribution is 5.46. The third-order valence-electron chi connectivity index (χ3n) is 2.80. The quantitative estimate of drug-likeness (QED) is 0.847. The van der Waals surface area contributed by atoms with Gasteiger partial charge in [0.05, 0.1) is 6.10 Å². The molecule has 0 aliphatic carbocycles. The molecular weight excluding hydrogens is 293 g/mol. The minimum absolute atomic E-state index is 0.230. The predicted octanol–water partition coefficient (Wildman–Crippen LogP) is 3.53. The van der Waals surface area contributed by atoms with Crippen molar-refractivity contribution in [2.45, 2.75) is 6.10 Å². The molecule has 2 rings (SSSR count). The zero-order valence-electron chi connectivity index (χ0n) is 10.5. The molecule has 0 heterocycles. The van der Waals surface area contributed by atoms with Gasteiger partial charge >= 0.3 is 0 Å². The summed E-state index contributed by atoms with van der Waals surface area (Å²) in [6, 6.07) is 3.49. The van der Waals surface area contributed by atoms with Gasteiger partial charge in [0.15, 0.2) is 11.6 Å². The van der Waals surface area contributed by atoms with E-state index in [1.54, 1.807) is 0 Å². The Morgan fingerprint density at radius 1 is 0.857 bits per heavy atom. The van der Waals surface area contributed by atoms with Gasteiger partial charge in [0.1, 0.15) is 23.1 Å². The average Bonchev–Trinajstić information content (AvgIpc) is 2.36. The Labute approximate surface area is 116 Å². The Morgan fingerprint density at radius 2 is 1.43 bits per heavy atom. The molecule has 0 radical (unpaired) electrons. The molecule has 2 nitrogen and oxygen atoms in total. The van der Waals surface area contributed by atoms with E-state index in [1.807, 2.05) is 0 Å². The van der Waals surface area contributed by atoms with Crippen molar-refractivity contribution in [2.24, 2.45) is 0 Å². The zero-order valence-corrected chi connectivity index (χ0v) is 10.5. The van der Waals surface area contributed by atoms with Crippen molar-refractivity contribution in [1.82, 2.24) is 0 Å². The molecule has 0 amide bonds. The molecule has 0 bridgehead atoms. The molecule has 2 aromatic rings. The minimum atomic E-state index is -1.46. The second-order valence-corrected chi connectivity index (χ2v) is 4.31. The second kappa shape index (κ2) is 6.09. The van der Waals surface area contributed by atoms with Crippen molar-refractivity contribution >= 4 is 5.69 Å². The van der Waals surface area contributed by atoms with Gasteiger partial charge in [-0.15, -0.1) is 0 Å². The summed E-state index contributed by atoms with van der Waals surface area (Å²) in [6.45, 7) is -0.442. The summed E-state index contributed by atoms with van der Waals surface area (Å²) >= 11 is 0. The first-order valence-electron chi connectivity index (χ1n) is 5.90. The number of hydrogen-bond donors (Lipinski definition) is 2. The van der Waals surface area contributed by atoms with Crippen molar-refractivity contribution in [2.75, 3.05) is 11.9 Å². The van der Waals surface area contributed by atoms with E-state index in [0.29, 0.717) is 18.2 Å². The van der Waals surface area contributed by atoms with Crippen LogP contribution in [-0.4, -0.2) is 11.7 Å². The highest BCUT2D eigenvalue weighted by Crippen LogP contribution is 2.23. The van der Waals surface area contributed by atoms with Gasteiger partial charge in [0.25, 0.3) is 0 Å². The van der Waals surface area contributed by atoms with Gasteiger partial charge < -0.3 is 10.4 Å². The summed E-state index contributed by atoms with van der Waals surface area (Å²) in [4.78, 5) is 0. The maximum Gasteiger partial charge on any atom is 0.152 e. The van der Waals surface area contributed by atoms with Crippen LogP contribution in [0.25, 0.3) is 0 Å². The Morgan fingerprint density at radius 3 is 2.00 bits per heavy atom. The lowest BCUT2D eigenvalue weighted by molar-refractivity contribution is 0.186. The van der Waals surface area contributed by atoms with E-state index in [0.717, 1.165) is 12.1 Å². The van der Waals surface area contributed by atoms with E-state index >= 15 is 0 Å². The SMILES string of the molecule is OC(CNc1c(F)cc(F)cc1F)c1ccc(F)cc1F. The predicted molar refractivity (Wildman–Crippen MR) is 66.1 cm³/mol. The molecule has 0 spiro atoms. The Bertz CT molecular complexity index is 639. The van der Waals surface area contributed by atoms with Crippen LogP contribution in [-0.2, 0) is 0 Å². The van der Waals surface area contributed by atoms with Crippen molar-refractivity contribution in [1.29, 1.82) is 0 Å². The molecule has 7 heteroatoms. The van der Waals surface area contributed by atoms with Gasteiger partial charge in [0.2, 0.25) is 0 Å². The summed E-state index contributed by atoms with van der Waals surface area (Å²) < 4.78 is 65.6. The molecule has 1 atom stereocenters. The molecule has 21 heavy (non-hydrogen) atoms. The summed E-state index contributed by atoms with van der Waals surface area (Å²) in [5.74, 6) is -5.24. The van der Waals surface area contributed by atoms with Gasteiger partial charge in [-0.2, -0.15) is 0 Å². The molecule has 0 fully saturated rings. The van der Waals surface area contributed by atoms with Crippen molar-refractivity contribution < 1.29 is 27.1 Å². The lowest BCUT2D eigenvalue weighted by Gasteiger charge is -2.15. The first kappa shape index (κ1) is 15.2. The number of nitrogens with one attached hydrogen (secondary N) is 1. The fourth-order valence-corrected chi connectivity index (χ4v) is 1.79. The number of aliphatic hydroxyl groups excluding tert-OH is 1. The van der Waals surface area contributed by atoms with E-state index in [4.69, 9.17) is 0 Å². The molecule has 0 aliphatic rings. The first-order chi connectivity index (χ1) is 9.88. The molecule has 2 aromatic carbocycles. The van der Waals surface area contributed by atoms with Crippen LogP contribution in [0.3, 0.4) is 0 Å². The average molecular weight is 303 g/mol. The summed E-state index contributed by atoms with van der Waals surface area (Å²) in [7, 11) is 0. The third kappa shape index (κ3) is 3.49. The topological polar surface area (TPSA) is 32.3 Å². The number of halogens is 5. The van der Waals surface area contributed by atoms with Crippen LogP contribution in [0, 0.1) is 29.1 Å². The van der Waals surface area contributed by atoms with Crippen LogP contribution in [0.2, 0.25) is 0 Å². The normalized spacial score (nSPS) is 12.3. The number of anilines is 1. The maximum absolute atomic E-state index is 13.4. The Kier molecular flexibility index (Phi) is 4.42. The molecule has 2 N–H and O–H groups in total.